The smallest absolute Gasteiger partial charge is 0.355 e. The number of nitrogens with zero attached hydrogens (tertiary/aromatic N) is 6. The van der Waals surface area contributed by atoms with Crippen molar-refractivity contribution in [1.82, 2.24) is 35.6 Å². The van der Waals surface area contributed by atoms with Gasteiger partial charge in [0.25, 0.3) is 0 Å². The van der Waals surface area contributed by atoms with Gasteiger partial charge in [-0.2, -0.15) is 18.3 Å². The van der Waals surface area contributed by atoms with Crippen molar-refractivity contribution in [1.29, 1.82) is 0 Å². The first kappa shape index (κ1) is 22.0. The maximum absolute atomic E-state index is 14.7. The van der Waals surface area contributed by atoms with E-state index >= 15 is 0 Å². The molecule has 0 aliphatic rings. The summed E-state index contributed by atoms with van der Waals surface area (Å²) in [5.41, 5.74) is -2.11. The Hall–Kier alpha value is -3.77. The number of alkyl halides is 3. The second-order valence-electron chi connectivity index (χ2n) is 6.88. The zero-order valence-corrected chi connectivity index (χ0v) is 18.0. The van der Waals surface area contributed by atoms with Crippen molar-refractivity contribution in [2.24, 2.45) is 0 Å². The second kappa shape index (κ2) is 8.22. The number of aromatic amines is 1. The molecule has 172 valence electrons. The van der Waals surface area contributed by atoms with Crippen molar-refractivity contribution < 1.29 is 22.1 Å². The summed E-state index contributed by atoms with van der Waals surface area (Å²) in [7, 11) is 0. The van der Waals surface area contributed by atoms with Crippen molar-refractivity contribution in [2.45, 2.75) is 6.18 Å². The molecular formula is C20H9Cl2F4N7O. The van der Waals surface area contributed by atoms with Crippen LogP contribution in [0.4, 0.5) is 17.6 Å². The van der Waals surface area contributed by atoms with Crippen LogP contribution in [-0.4, -0.2) is 35.6 Å². The lowest BCUT2D eigenvalue weighted by Gasteiger charge is -2.12. The fourth-order valence-electron chi connectivity index (χ4n) is 3.44. The number of aromatic nitrogens is 7. The number of nitrogens with one attached hydrogen (secondary N) is 1. The quantitative estimate of drug-likeness (QED) is 0.305. The first-order valence-electron chi connectivity index (χ1n) is 9.35. The number of benzene rings is 2. The van der Waals surface area contributed by atoms with Gasteiger partial charge in [-0.05, 0) is 40.8 Å². The average Bonchev–Trinajstić information content (AvgIpc) is 3.52. The molecule has 8 nitrogen and oxygen atoms in total. The van der Waals surface area contributed by atoms with Crippen molar-refractivity contribution in [3.63, 3.8) is 0 Å². The largest absolute Gasteiger partial charge is 0.434 e. The molecule has 0 fully saturated rings. The predicted molar refractivity (Wildman–Crippen MR) is 113 cm³/mol. The molecule has 0 saturated carbocycles. The van der Waals surface area contributed by atoms with E-state index in [9.17, 15) is 17.6 Å². The Kier molecular flexibility index (Phi) is 5.33. The van der Waals surface area contributed by atoms with Crippen LogP contribution in [0.5, 0.6) is 0 Å². The topological polar surface area (TPSA) is 98.3 Å². The molecule has 2 aromatic carbocycles. The summed E-state index contributed by atoms with van der Waals surface area (Å²) in [5, 5.41) is 21.0. The molecule has 0 bridgehead atoms. The van der Waals surface area contributed by atoms with Gasteiger partial charge in [0, 0.05) is 5.02 Å². The Bertz CT molecular complexity index is 1480. The van der Waals surface area contributed by atoms with Crippen LogP contribution < -0.4 is 0 Å². The van der Waals surface area contributed by atoms with Crippen LogP contribution in [-0.2, 0) is 6.18 Å². The summed E-state index contributed by atoms with van der Waals surface area (Å²) in [4.78, 5) is 0. The van der Waals surface area contributed by atoms with Gasteiger partial charge in [-0.1, -0.05) is 40.5 Å². The molecule has 0 spiro atoms. The Morgan fingerprint density at radius 3 is 2.50 bits per heavy atom. The monoisotopic (exact) mass is 509 g/mol. The lowest BCUT2D eigenvalue weighted by molar-refractivity contribution is -0.142. The van der Waals surface area contributed by atoms with Crippen LogP contribution in [0, 0.1) is 5.82 Å². The third-order valence-corrected chi connectivity index (χ3v) is 5.36. The molecule has 0 aliphatic heterocycles. The van der Waals surface area contributed by atoms with E-state index in [1.54, 1.807) is 0 Å². The summed E-state index contributed by atoms with van der Waals surface area (Å²) >= 11 is 12.1. The van der Waals surface area contributed by atoms with Gasteiger partial charge in [-0.3, -0.25) is 0 Å². The van der Waals surface area contributed by atoms with Gasteiger partial charge in [-0.25, -0.2) is 14.2 Å². The van der Waals surface area contributed by atoms with E-state index < -0.39 is 29.0 Å². The van der Waals surface area contributed by atoms with Gasteiger partial charge in [0.2, 0.25) is 0 Å². The molecule has 0 atom stereocenters. The molecule has 3 heterocycles. The van der Waals surface area contributed by atoms with Gasteiger partial charge < -0.3 is 4.52 Å². The molecule has 0 radical (unpaired) electrons. The highest BCUT2D eigenvalue weighted by Gasteiger charge is 2.41. The maximum Gasteiger partial charge on any atom is 0.434 e. The van der Waals surface area contributed by atoms with E-state index in [0.29, 0.717) is 4.68 Å². The molecular weight excluding hydrogens is 501 g/mol. The van der Waals surface area contributed by atoms with Crippen molar-refractivity contribution in [3.05, 3.63) is 70.2 Å². The van der Waals surface area contributed by atoms with Gasteiger partial charge in [0.05, 0.1) is 33.6 Å². The molecule has 1 N–H and O–H groups in total. The SMILES string of the molecule is Fc1cccc(Cl)c1-c1noc(-c2cnn(-c3cccc(Cl)c3)c2C(F)(F)F)c1-c1nnn[nH]1. The summed E-state index contributed by atoms with van der Waals surface area (Å²) in [6.07, 6.45) is -3.93. The van der Waals surface area contributed by atoms with E-state index in [0.717, 1.165) is 12.3 Å². The average molecular weight is 510 g/mol. The standard InChI is InChI=1S/C20H9Cl2F4N7O/c21-9-3-1-4-10(7-9)33-18(20(24,25)26)11(8-27-33)17-15(19-28-31-32-29-19)16(30-34-17)14-12(22)5-2-6-13(14)23/h1-8H,(H,28,29,31,32). The van der Waals surface area contributed by atoms with Crippen LogP contribution in [0.2, 0.25) is 10.0 Å². The maximum atomic E-state index is 14.7. The van der Waals surface area contributed by atoms with E-state index in [4.69, 9.17) is 27.7 Å². The van der Waals surface area contributed by atoms with Crippen molar-refractivity contribution in [2.75, 3.05) is 0 Å². The second-order valence-corrected chi connectivity index (χ2v) is 7.72. The molecule has 14 heteroatoms. The molecule has 5 aromatic rings. The van der Waals surface area contributed by atoms with E-state index in [-0.39, 0.29) is 38.4 Å². The third kappa shape index (κ3) is 3.70. The van der Waals surface area contributed by atoms with E-state index in [1.165, 1.54) is 36.4 Å². The first-order chi connectivity index (χ1) is 16.3. The Balaban J connectivity index is 1.80. The number of H-pyrrole nitrogens is 1. The Morgan fingerprint density at radius 2 is 1.82 bits per heavy atom. The fourth-order valence-corrected chi connectivity index (χ4v) is 3.88. The summed E-state index contributed by atoms with van der Waals surface area (Å²) in [5.74, 6) is -1.28. The number of hydrogen-bond donors (Lipinski definition) is 1. The number of halogens is 6. The predicted octanol–water partition coefficient (Wildman–Crippen LogP) is 5.84. The van der Waals surface area contributed by atoms with E-state index in [2.05, 4.69) is 30.9 Å². The highest BCUT2D eigenvalue weighted by atomic mass is 35.5. The Morgan fingerprint density at radius 1 is 1.03 bits per heavy atom. The third-order valence-electron chi connectivity index (χ3n) is 4.81. The minimum Gasteiger partial charge on any atom is -0.355 e. The normalized spacial score (nSPS) is 11.8. The number of hydrogen-bond acceptors (Lipinski definition) is 6. The highest BCUT2D eigenvalue weighted by Crippen LogP contribution is 2.45. The van der Waals surface area contributed by atoms with Gasteiger partial charge >= 0.3 is 6.18 Å². The first-order valence-corrected chi connectivity index (χ1v) is 10.1. The van der Waals surface area contributed by atoms with Gasteiger partial charge in [0.15, 0.2) is 17.3 Å². The Labute approximate surface area is 197 Å². The van der Waals surface area contributed by atoms with Gasteiger partial charge in [0.1, 0.15) is 11.5 Å². The molecule has 3 aromatic heterocycles. The lowest BCUT2D eigenvalue weighted by atomic mass is 10.0. The minimum absolute atomic E-state index is 0.0424. The van der Waals surface area contributed by atoms with Crippen LogP contribution in [0.1, 0.15) is 5.69 Å². The number of rotatable bonds is 4. The van der Waals surface area contributed by atoms with Gasteiger partial charge in [-0.15, -0.1) is 5.10 Å². The molecule has 34 heavy (non-hydrogen) atoms. The zero-order chi connectivity index (χ0) is 24.0. The molecule has 0 aliphatic carbocycles. The van der Waals surface area contributed by atoms with Crippen LogP contribution >= 0.6 is 23.2 Å². The zero-order valence-electron chi connectivity index (χ0n) is 16.5. The summed E-state index contributed by atoms with van der Waals surface area (Å²) in [6, 6.07) is 9.61. The summed E-state index contributed by atoms with van der Waals surface area (Å²) in [6.45, 7) is 0. The van der Waals surface area contributed by atoms with Crippen molar-refractivity contribution >= 4 is 23.2 Å². The molecule has 0 saturated heterocycles. The van der Waals surface area contributed by atoms with Crippen LogP contribution in [0.25, 0.3) is 39.7 Å². The summed E-state index contributed by atoms with van der Waals surface area (Å²) < 4.78 is 63.4. The highest BCUT2D eigenvalue weighted by molar-refractivity contribution is 6.33. The molecule has 0 amide bonds. The fraction of sp³-hybridized carbons (Fsp3) is 0.0500. The van der Waals surface area contributed by atoms with Crippen molar-refractivity contribution in [3.8, 4) is 39.7 Å². The van der Waals surface area contributed by atoms with E-state index in [1.807, 2.05) is 0 Å². The molecule has 0 unspecified atom stereocenters. The van der Waals surface area contributed by atoms with Crippen LogP contribution in [0.15, 0.2) is 53.2 Å². The lowest BCUT2D eigenvalue weighted by Crippen LogP contribution is -2.14. The molecule has 5 rings (SSSR count). The van der Waals surface area contributed by atoms with Crippen LogP contribution in [0.3, 0.4) is 0 Å². The number of tetrazole rings is 1. The minimum atomic E-state index is -4.88.